The van der Waals surface area contributed by atoms with Gasteiger partial charge in [0.05, 0.1) is 13.2 Å². The summed E-state index contributed by atoms with van der Waals surface area (Å²) < 4.78 is 26.4. The molecule has 26 heavy (non-hydrogen) atoms. The molecule has 3 rings (SSSR count). The van der Waals surface area contributed by atoms with Gasteiger partial charge in [-0.15, -0.1) is 12.4 Å². The maximum atomic E-state index is 13.0. The van der Waals surface area contributed by atoms with Gasteiger partial charge in [-0.1, -0.05) is 12.1 Å². The van der Waals surface area contributed by atoms with E-state index in [0.29, 0.717) is 25.5 Å². The van der Waals surface area contributed by atoms with Crippen LogP contribution in [0.25, 0.3) is 10.9 Å². The number of nitrogens with zero attached hydrogens (tertiary/aromatic N) is 2. The van der Waals surface area contributed by atoms with Crippen molar-refractivity contribution in [3.63, 3.8) is 0 Å². The molecule has 1 aromatic carbocycles. The van der Waals surface area contributed by atoms with Crippen LogP contribution in [0.15, 0.2) is 36.5 Å². The summed E-state index contributed by atoms with van der Waals surface area (Å²) in [6.45, 7) is 6.10. The highest BCUT2D eigenvalue weighted by molar-refractivity contribution is 5.88. The monoisotopic (exact) mass is 378 g/mol. The summed E-state index contributed by atoms with van der Waals surface area (Å²) in [5, 5.41) is 1.15. The number of benzene rings is 1. The van der Waals surface area contributed by atoms with E-state index >= 15 is 0 Å². The molecule has 2 aromatic heterocycles. The Balaban J connectivity index is 0.00000243. The highest BCUT2D eigenvalue weighted by Crippen LogP contribution is 2.30. The largest absolute Gasteiger partial charge is 0.476 e. The van der Waals surface area contributed by atoms with E-state index in [1.54, 1.807) is 25.4 Å². The van der Waals surface area contributed by atoms with Crippen molar-refractivity contribution >= 4 is 23.3 Å². The summed E-state index contributed by atoms with van der Waals surface area (Å²) >= 11 is 0. The van der Waals surface area contributed by atoms with E-state index in [-0.39, 0.29) is 18.2 Å². The fourth-order valence-corrected chi connectivity index (χ4v) is 3.05. The molecule has 4 nitrogen and oxygen atoms in total. The van der Waals surface area contributed by atoms with Crippen molar-refractivity contribution in [2.24, 2.45) is 0 Å². The van der Waals surface area contributed by atoms with E-state index in [4.69, 9.17) is 9.47 Å². The summed E-state index contributed by atoms with van der Waals surface area (Å²) in [6, 6.07) is 8.52. The topological polar surface area (TPSA) is 36.3 Å². The van der Waals surface area contributed by atoms with Gasteiger partial charge >= 0.3 is 0 Å². The maximum absolute atomic E-state index is 13.0. The van der Waals surface area contributed by atoms with Crippen LogP contribution in [-0.4, -0.2) is 29.9 Å². The Hall–Kier alpha value is -2.11. The molecule has 6 heteroatoms. The van der Waals surface area contributed by atoms with Gasteiger partial charge in [0.15, 0.2) is 0 Å². The highest BCUT2D eigenvalue weighted by Gasteiger charge is 2.16. The second kappa shape index (κ2) is 9.01. The number of hydrogen-bond donors (Lipinski definition) is 0. The zero-order valence-electron chi connectivity index (χ0n) is 15.3. The number of halogens is 2. The van der Waals surface area contributed by atoms with Crippen molar-refractivity contribution in [1.82, 2.24) is 9.55 Å². The Morgan fingerprint density at radius 2 is 1.81 bits per heavy atom. The third-order valence-corrected chi connectivity index (χ3v) is 4.57. The molecule has 140 valence electrons. The van der Waals surface area contributed by atoms with Gasteiger partial charge in [-0.2, -0.15) is 0 Å². The first-order chi connectivity index (χ1) is 12.1. The molecule has 0 saturated heterocycles. The van der Waals surface area contributed by atoms with Gasteiger partial charge in [-0.3, -0.25) is 0 Å². The van der Waals surface area contributed by atoms with Crippen LogP contribution >= 0.6 is 12.4 Å². The lowest BCUT2D eigenvalue weighted by Crippen LogP contribution is -2.08. The standard InChI is InChI=1S/C20H23FN2O2.ClH/c1-14-15(2)23(11-13-24-3)19-18(14)8-10-22-20(19)25-12-9-16-4-6-17(21)7-5-16;/h4-8,10H,9,11-13H2,1-3H3;1H. The molecule has 0 aliphatic rings. The van der Waals surface area contributed by atoms with Crippen LogP contribution in [0, 0.1) is 19.7 Å². The van der Waals surface area contributed by atoms with Crippen molar-refractivity contribution in [2.45, 2.75) is 26.8 Å². The molecule has 0 fully saturated rings. The van der Waals surface area contributed by atoms with E-state index in [1.807, 2.05) is 6.07 Å². The van der Waals surface area contributed by atoms with E-state index in [0.717, 1.165) is 23.0 Å². The van der Waals surface area contributed by atoms with E-state index in [2.05, 4.69) is 23.4 Å². The Morgan fingerprint density at radius 3 is 2.50 bits per heavy atom. The van der Waals surface area contributed by atoms with Crippen LogP contribution in [0.1, 0.15) is 16.8 Å². The van der Waals surface area contributed by atoms with Crippen molar-refractivity contribution in [1.29, 1.82) is 0 Å². The minimum Gasteiger partial charge on any atom is -0.476 e. The zero-order valence-corrected chi connectivity index (χ0v) is 16.1. The van der Waals surface area contributed by atoms with Gasteiger partial charge in [0.1, 0.15) is 11.3 Å². The number of fused-ring (bicyclic) bond motifs is 1. The number of hydrogen-bond acceptors (Lipinski definition) is 3. The van der Waals surface area contributed by atoms with Gasteiger partial charge in [0.2, 0.25) is 5.88 Å². The fourth-order valence-electron chi connectivity index (χ4n) is 3.05. The number of rotatable bonds is 7. The summed E-state index contributed by atoms with van der Waals surface area (Å²) in [4.78, 5) is 4.43. The first kappa shape index (κ1) is 20.2. The number of ether oxygens (including phenoxy) is 2. The van der Waals surface area contributed by atoms with E-state index in [1.165, 1.54) is 23.4 Å². The van der Waals surface area contributed by atoms with Crippen LogP contribution in [0.5, 0.6) is 5.88 Å². The summed E-state index contributed by atoms with van der Waals surface area (Å²) in [5.41, 5.74) is 4.48. The Morgan fingerprint density at radius 1 is 1.08 bits per heavy atom. The van der Waals surface area contributed by atoms with Crippen LogP contribution < -0.4 is 4.74 Å². The predicted molar refractivity (Wildman–Crippen MR) is 104 cm³/mol. The average molecular weight is 379 g/mol. The fraction of sp³-hybridized carbons (Fsp3) is 0.350. The van der Waals surface area contributed by atoms with Crippen LogP contribution in [0.3, 0.4) is 0 Å². The molecule has 0 N–H and O–H groups in total. The first-order valence-corrected chi connectivity index (χ1v) is 8.42. The molecule has 0 saturated carbocycles. The predicted octanol–water partition coefficient (Wildman–Crippen LogP) is 4.48. The van der Waals surface area contributed by atoms with Crippen molar-refractivity contribution < 1.29 is 13.9 Å². The molecule has 0 radical (unpaired) electrons. The van der Waals surface area contributed by atoms with Crippen LogP contribution in [0.2, 0.25) is 0 Å². The lowest BCUT2D eigenvalue weighted by Gasteiger charge is -2.11. The summed E-state index contributed by atoms with van der Waals surface area (Å²) in [5.74, 6) is 0.407. The van der Waals surface area contributed by atoms with Crippen molar-refractivity contribution in [2.75, 3.05) is 20.3 Å². The molecule has 0 spiro atoms. The van der Waals surface area contributed by atoms with Gasteiger partial charge in [0.25, 0.3) is 0 Å². The second-order valence-electron chi connectivity index (χ2n) is 6.09. The molecule has 0 unspecified atom stereocenters. The van der Waals surface area contributed by atoms with Crippen LogP contribution in [0.4, 0.5) is 4.39 Å². The Labute approximate surface area is 159 Å². The molecule has 0 amide bonds. The molecular formula is C20H24ClFN2O2. The quantitative estimate of drug-likeness (QED) is 0.608. The van der Waals surface area contributed by atoms with Gasteiger partial charge in [-0.25, -0.2) is 9.37 Å². The van der Waals surface area contributed by atoms with Crippen molar-refractivity contribution in [3.8, 4) is 5.88 Å². The van der Waals surface area contributed by atoms with Gasteiger partial charge in [0, 0.05) is 37.4 Å². The molecular weight excluding hydrogens is 355 g/mol. The minimum atomic E-state index is -0.224. The normalized spacial score (nSPS) is 10.8. The minimum absolute atomic E-state index is 0. The third-order valence-electron chi connectivity index (χ3n) is 4.57. The van der Waals surface area contributed by atoms with Gasteiger partial charge < -0.3 is 14.0 Å². The molecule has 0 aliphatic carbocycles. The van der Waals surface area contributed by atoms with Crippen LogP contribution in [-0.2, 0) is 17.7 Å². The van der Waals surface area contributed by atoms with Gasteiger partial charge in [-0.05, 0) is 43.2 Å². The summed E-state index contributed by atoms with van der Waals surface area (Å²) in [6.07, 6.45) is 2.48. The summed E-state index contributed by atoms with van der Waals surface area (Å²) in [7, 11) is 1.70. The lowest BCUT2D eigenvalue weighted by molar-refractivity contribution is 0.187. The Kier molecular flexibility index (Phi) is 7.00. The van der Waals surface area contributed by atoms with E-state index < -0.39 is 0 Å². The number of aromatic nitrogens is 2. The zero-order chi connectivity index (χ0) is 17.8. The highest BCUT2D eigenvalue weighted by atomic mass is 35.5. The first-order valence-electron chi connectivity index (χ1n) is 8.42. The number of pyridine rings is 1. The molecule has 0 bridgehead atoms. The molecule has 0 atom stereocenters. The Bertz CT molecular complexity index is 862. The van der Waals surface area contributed by atoms with Crippen molar-refractivity contribution in [3.05, 3.63) is 59.2 Å². The molecule has 2 heterocycles. The SMILES string of the molecule is COCCn1c(C)c(C)c2ccnc(OCCc3ccc(F)cc3)c21.Cl. The number of aryl methyl sites for hydroxylation is 1. The number of methoxy groups -OCH3 is 1. The van der Waals surface area contributed by atoms with E-state index in [9.17, 15) is 4.39 Å². The maximum Gasteiger partial charge on any atom is 0.238 e. The molecule has 3 aromatic rings. The molecule has 0 aliphatic heterocycles. The second-order valence-corrected chi connectivity index (χ2v) is 6.09. The average Bonchev–Trinajstić information content (AvgIpc) is 2.87. The smallest absolute Gasteiger partial charge is 0.238 e. The lowest BCUT2D eigenvalue weighted by atomic mass is 10.1. The third kappa shape index (κ3) is 4.17.